The number of aromatic nitrogens is 2. The van der Waals surface area contributed by atoms with Gasteiger partial charge in [0.25, 0.3) is 0 Å². The molecule has 1 N–H and O–H groups in total. The summed E-state index contributed by atoms with van der Waals surface area (Å²) in [6, 6.07) is 0. The van der Waals surface area contributed by atoms with Gasteiger partial charge in [0.05, 0.1) is 11.2 Å². The minimum Gasteiger partial charge on any atom is -0.315 e. The molecule has 0 amide bonds. The van der Waals surface area contributed by atoms with Gasteiger partial charge in [-0.3, -0.25) is 4.57 Å². The highest BCUT2D eigenvalue weighted by molar-refractivity contribution is 6.30. The SMILES string of the molecule is CCCCCNCCn1cc(Cl)cnc1=O. The summed E-state index contributed by atoms with van der Waals surface area (Å²) in [6.07, 6.45) is 6.63. The Balaban J connectivity index is 2.26. The topological polar surface area (TPSA) is 46.9 Å². The standard InChI is InChI=1S/C11H18ClN3O/c1-2-3-4-5-13-6-7-15-9-10(12)8-14-11(15)16/h8-9,13H,2-7H2,1H3. The van der Waals surface area contributed by atoms with Crippen LogP contribution in [0, 0.1) is 0 Å². The lowest BCUT2D eigenvalue weighted by molar-refractivity contribution is 0.555. The summed E-state index contributed by atoms with van der Waals surface area (Å²) >= 11 is 5.76. The first-order chi connectivity index (χ1) is 7.74. The summed E-state index contributed by atoms with van der Waals surface area (Å²) < 4.78 is 1.52. The molecule has 1 aromatic rings. The summed E-state index contributed by atoms with van der Waals surface area (Å²) in [5.41, 5.74) is -0.250. The maximum atomic E-state index is 11.3. The minimum atomic E-state index is -0.250. The Kier molecular flexibility index (Phi) is 6.11. The van der Waals surface area contributed by atoms with Crippen LogP contribution in [0.4, 0.5) is 0 Å². The second-order valence-corrected chi connectivity index (χ2v) is 4.14. The Morgan fingerprint density at radius 2 is 2.25 bits per heavy atom. The molecule has 0 aromatic carbocycles. The zero-order valence-corrected chi connectivity index (χ0v) is 10.3. The molecule has 0 aliphatic carbocycles. The van der Waals surface area contributed by atoms with Gasteiger partial charge in [-0.2, -0.15) is 0 Å². The van der Waals surface area contributed by atoms with Crippen molar-refractivity contribution in [3.63, 3.8) is 0 Å². The van der Waals surface area contributed by atoms with E-state index in [0.717, 1.165) is 13.1 Å². The van der Waals surface area contributed by atoms with Crippen molar-refractivity contribution in [3.8, 4) is 0 Å². The summed E-state index contributed by atoms with van der Waals surface area (Å²) in [5.74, 6) is 0. The lowest BCUT2D eigenvalue weighted by atomic mass is 10.2. The molecule has 0 bridgehead atoms. The first kappa shape index (κ1) is 13.2. The molecular formula is C11H18ClN3O. The second-order valence-electron chi connectivity index (χ2n) is 3.71. The van der Waals surface area contributed by atoms with Crippen LogP contribution in [0.5, 0.6) is 0 Å². The van der Waals surface area contributed by atoms with Gasteiger partial charge in [-0.05, 0) is 13.0 Å². The number of unbranched alkanes of at least 4 members (excludes halogenated alkanes) is 2. The molecule has 1 heterocycles. The monoisotopic (exact) mass is 243 g/mol. The first-order valence-electron chi connectivity index (χ1n) is 5.66. The van der Waals surface area contributed by atoms with Gasteiger partial charge < -0.3 is 5.32 Å². The molecule has 0 saturated carbocycles. The molecule has 1 aromatic heterocycles. The van der Waals surface area contributed by atoms with Crippen LogP contribution >= 0.6 is 11.6 Å². The smallest absolute Gasteiger partial charge is 0.315 e. The number of nitrogens with zero attached hydrogens (tertiary/aromatic N) is 2. The minimum absolute atomic E-state index is 0.250. The average molecular weight is 244 g/mol. The zero-order chi connectivity index (χ0) is 11.8. The molecule has 0 unspecified atom stereocenters. The van der Waals surface area contributed by atoms with Crippen LogP contribution in [0.3, 0.4) is 0 Å². The van der Waals surface area contributed by atoms with E-state index in [0.29, 0.717) is 11.6 Å². The second kappa shape index (κ2) is 7.41. The fraction of sp³-hybridized carbons (Fsp3) is 0.636. The highest BCUT2D eigenvalue weighted by atomic mass is 35.5. The van der Waals surface area contributed by atoms with Crippen LogP contribution in [0.1, 0.15) is 26.2 Å². The molecule has 0 atom stereocenters. The van der Waals surface area contributed by atoms with E-state index in [1.807, 2.05) is 0 Å². The van der Waals surface area contributed by atoms with Crippen LogP contribution in [0.2, 0.25) is 5.02 Å². The first-order valence-corrected chi connectivity index (χ1v) is 6.04. The van der Waals surface area contributed by atoms with E-state index < -0.39 is 0 Å². The van der Waals surface area contributed by atoms with Crippen LogP contribution in [-0.2, 0) is 6.54 Å². The lowest BCUT2D eigenvalue weighted by Gasteiger charge is -2.06. The van der Waals surface area contributed by atoms with Gasteiger partial charge >= 0.3 is 5.69 Å². The Hall–Kier alpha value is -0.870. The van der Waals surface area contributed by atoms with E-state index in [1.54, 1.807) is 6.20 Å². The predicted octanol–water partition coefficient (Wildman–Crippen LogP) is 1.68. The number of rotatable bonds is 7. The third-order valence-corrected chi connectivity index (χ3v) is 2.50. The summed E-state index contributed by atoms with van der Waals surface area (Å²) in [7, 11) is 0. The number of nitrogens with one attached hydrogen (secondary N) is 1. The largest absolute Gasteiger partial charge is 0.347 e. The molecule has 1 rings (SSSR count). The van der Waals surface area contributed by atoms with Gasteiger partial charge in [0.1, 0.15) is 0 Å². The third-order valence-electron chi connectivity index (χ3n) is 2.31. The molecule has 0 radical (unpaired) electrons. The van der Waals surface area contributed by atoms with Crippen molar-refractivity contribution in [2.24, 2.45) is 0 Å². The predicted molar refractivity (Wildman–Crippen MR) is 65.9 cm³/mol. The van der Waals surface area contributed by atoms with Crippen molar-refractivity contribution >= 4 is 11.6 Å². The maximum Gasteiger partial charge on any atom is 0.347 e. The van der Waals surface area contributed by atoms with Crippen molar-refractivity contribution < 1.29 is 0 Å². The summed E-state index contributed by atoms with van der Waals surface area (Å²) in [6.45, 7) is 4.55. The van der Waals surface area contributed by atoms with Gasteiger partial charge in [0.15, 0.2) is 0 Å². The van der Waals surface area contributed by atoms with Crippen LogP contribution in [-0.4, -0.2) is 22.6 Å². The van der Waals surface area contributed by atoms with Gasteiger partial charge in [-0.15, -0.1) is 0 Å². The summed E-state index contributed by atoms with van der Waals surface area (Å²) in [5, 5.41) is 3.78. The van der Waals surface area contributed by atoms with Gasteiger partial charge in [-0.1, -0.05) is 31.4 Å². The fourth-order valence-electron chi connectivity index (χ4n) is 1.41. The Morgan fingerprint density at radius 3 is 3.00 bits per heavy atom. The molecule has 90 valence electrons. The maximum absolute atomic E-state index is 11.3. The van der Waals surface area contributed by atoms with E-state index >= 15 is 0 Å². The van der Waals surface area contributed by atoms with Crippen LogP contribution in [0.25, 0.3) is 0 Å². The molecule has 0 aliphatic heterocycles. The van der Waals surface area contributed by atoms with Crippen molar-refractivity contribution in [1.29, 1.82) is 0 Å². The number of halogens is 1. The molecule has 0 saturated heterocycles. The molecule has 4 nitrogen and oxygen atoms in total. The van der Waals surface area contributed by atoms with Gasteiger partial charge in [0, 0.05) is 19.3 Å². The van der Waals surface area contributed by atoms with Crippen molar-refractivity contribution in [2.75, 3.05) is 13.1 Å². The van der Waals surface area contributed by atoms with Gasteiger partial charge in [-0.25, -0.2) is 9.78 Å². The van der Waals surface area contributed by atoms with E-state index in [-0.39, 0.29) is 5.69 Å². The molecule has 16 heavy (non-hydrogen) atoms. The van der Waals surface area contributed by atoms with Gasteiger partial charge in [0.2, 0.25) is 0 Å². The fourth-order valence-corrected chi connectivity index (χ4v) is 1.58. The quantitative estimate of drug-likeness (QED) is 0.742. The Bertz CT molecular complexity index is 364. The molecule has 0 spiro atoms. The molecular weight excluding hydrogens is 226 g/mol. The van der Waals surface area contributed by atoms with E-state index in [9.17, 15) is 4.79 Å². The Morgan fingerprint density at radius 1 is 1.44 bits per heavy atom. The van der Waals surface area contributed by atoms with Crippen LogP contribution in [0.15, 0.2) is 17.2 Å². The van der Waals surface area contributed by atoms with Crippen molar-refractivity contribution in [3.05, 3.63) is 27.9 Å². The highest BCUT2D eigenvalue weighted by Gasteiger charge is 1.97. The molecule has 5 heteroatoms. The number of hydrogen-bond acceptors (Lipinski definition) is 3. The highest BCUT2D eigenvalue weighted by Crippen LogP contribution is 2.00. The third kappa shape index (κ3) is 4.77. The van der Waals surface area contributed by atoms with Crippen LogP contribution < -0.4 is 11.0 Å². The lowest BCUT2D eigenvalue weighted by Crippen LogP contribution is -2.28. The van der Waals surface area contributed by atoms with E-state index in [2.05, 4.69) is 17.2 Å². The molecule has 0 aliphatic rings. The molecule has 0 fully saturated rings. The van der Waals surface area contributed by atoms with E-state index in [4.69, 9.17) is 11.6 Å². The normalized spacial score (nSPS) is 10.6. The Labute approximate surface area is 101 Å². The average Bonchev–Trinajstić information content (AvgIpc) is 2.28. The number of hydrogen-bond donors (Lipinski definition) is 1. The van der Waals surface area contributed by atoms with Crippen molar-refractivity contribution in [2.45, 2.75) is 32.7 Å². The van der Waals surface area contributed by atoms with Crippen molar-refractivity contribution in [1.82, 2.24) is 14.9 Å². The summed E-state index contributed by atoms with van der Waals surface area (Å²) in [4.78, 5) is 15.0. The van der Waals surface area contributed by atoms with E-state index in [1.165, 1.54) is 30.0 Å². The zero-order valence-electron chi connectivity index (χ0n) is 9.58.